The topological polar surface area (TPSA) is 66.5 Å². The molecule has 8 heteroatoms. The summed E-state index contributed by atoms with van der Waals surface area (Å²) in [5.41, 5.74) is 1.86. The van der Waals surface area contributed by atoms with Crippen LogP contribution in [0.5, 0.6) is 0 Å². The zero-order valence-corrected chi connectivity index (χ0v) is 17.8. The normalized spacial score (nSPS) is 11.1. The maximum absolute atomic E-state index is 12.7. The number of halogens is 2. The van der Waals surface area contributed by atoms with Crippen molar-refractivity contribution in [2.75, 3.05) is 16.7 Å². The second kappa shape index (κ2) is 8.86. The zero-order valence-electron chi connectivity index (χ0n) is 15.5. The number of rotatable bonds is 6. The minimum absolute atomic E-state index is 0.148. The van der Waals surface area contributed by atoms with Crippen molar-refractivity contribution < 1.29 is 13.2 Å². The highest BCUT2D eigenvalue weighted by atomic mass is 35.5. The molecule has 0 saturated heterocycles. The molecule has 0 aliphatic rings. The fourth-order valence-electron chi connectivity index (χ4n) is 2.68. The molecule has 0 aliphatic heterocycles. The molecule has 0 unspecified atom stereocenters. The fraction of sp³-hybridized carbons (Fsp3) is 0.0952. The maximum Gasteiger partial charge on any atom is 0.264 e. The third kappa shape index (κ3) is 5.29. The third-order valence-corrected chi connectivity index (χ3v) is 6.53. The number of sulfonamides is 1. The number of hydrogen-bond donors (Lipinski definition) is 1. The van der Waals surface area contributed by atoms with E-state index >= 15 is 0 Å². The summed E-state index contributed by atoms with van der Waals surface area (Å²) >= 11 is 11.7. The first kappa shape index (κ1) is 21.2. The Labute approximate surface area is 179 Å². The summed E-state index contributed by atoms with van der Waals surface area (Å²) in [5, 5.41) is 3.78. The van der Waals surface area contributed by atoms with Crippen molar-refractivity contribution in [2.24, 2.45) is 0 Å². The predicted octanol–water partition coefficient (Wildman–Crippen LogP) is 5.00. The average Bonchev–Trinajstić information content (AvgIpc) is 2.68. The number of carbonyl (C=O) groups excluding carboxylic acids is 1. The van der Waals surface area contributed by atoms with Crippen molar-refractivity contribution in [1.29, 1.82) is 0 Å². The highest BCUT2D eigenvalue weighted by molar-refractivity contribution is 7.92. The first-order valence-corrected chi connectivity index (χ1v) is 10.8. The van der Waals surface area contributed by atoms with Gasteiger partial charge in [-0.25, -0.2) is 8.42 Å². The van der Waals surface area contributed by atoms with Crippen molar-refractivity contribution in [2.45, 2.75) is 11.3 Å². The predicted molar refractivity (Wildman–Crippen MR) is 117 cm³/mol. The Morgan fingerprint density at radius 2 is 1.59 bits per heavy atom. The van der Waals surface area contributed by atoms with Gasteiger partial charge in [0.15, 0.2) is 0 Å². The van der Waals surface area contributed by atoms with E-state index in [2.05, 4.69) is 5.32 Å². The van der Waals surface area contributed by atoms with Gasteiger partial charge in [-0.3, -0.25) is 9.10 Å². The van der Waals surface area contributed by atoms with Gasteiger partial charge in [-0.1, -0.05) is 41.4 Å². The van der Waals surface area contributed by atoms with Crippen molar-refractivity contribution in [3.05, 3.63) is 88.4 Å². The minimum atomic E-state index is -3.71. The molecule has 3 aromatic carbocycles. The number of anilines is 2. The number of amides is 1. The molecule has 0 bridgehead atoms. The van der Waals surface area contributed by atoms with Crippen molar-refractivity contribution in [1.82, 2.24) is 0 Å². The molecule has 0 aliphatic carbocycles. The first-order valence-electron chi connectivity index (χ1n) is 8.64. The molecule has 5 nitrogen and oxygen atoms in total. The van der Waals surface area contributed by atoms with Gasteiger partial charge in [-0.2, -0.15) is 0 Å². The highest BCUT2D eigenvalue weighted by Gasteiger charge is 2.21. The lowest BCUT2D eigenvalue weighted by Crippen LogP contribution is -2.26. The van der Waals surface area contributed by atoms with Gasteiger partial charge in [0.2, 0.25) is 5.91 Å². The van der Waals surface area contributed by atoms with Crippen LogP contribution in [0.3, 0.4) is 0 Å². The Balaban J connectivity index is 1.69. The Morgan fingerprint density at radius 1 is 0.931 bits per heavy atom. The van der Waals surface area contributed by atoms with Gasteiger partial charge in [-0.15, -0.1) is 0 Å². The van der Waals surface area contributed by atoms with E-state index in [0.29, 0.717) is 21.4 Å². The largest absolute Gasteiger partial charge is 0.326 e. The summed E-state index contributed by atoms with van der Waals surface area (Å²) < 4.78 is 26.7. The van der Waals surface area contributed by atoms with Crippen molar-refractivity contribution in [3.8, 4) is 0 Å². The molecule has 3 rings (SSSR count). The first-order chi connectivity index (χ1) is 13.8. The summed E-state index contributed by atoms with van der Waals surface area (Å²) in [7, 11) is -2.23. The van der Waals surface area contributed by atoms with E-state index in [1.54, 1.807) is 48.5 Å². The standard InChI is InChI=1S/C21H18Cl2N2O3S/c1-25(29(27,28)20-11-7-16(22)8-12-20)19-9-5-15(6-10-19)13-21(26)24-18-4-2-3-17(23)14-18/h2-12,14H,13H2,1H3,(H,24,26). The van der Waals surface area contributed by atoms with Crippen LogP contribution in [-0.2, 0) is 21.2 Å². The molecule has 0 aromatic heterocycles. The Hall–Kier alpha value is -2.54. The molecule has 3 aromatic rings. The molecule has 1 amide bonds. The van der Waals surface area contributed by atoms with Gasteiger partial charge in [-0.05, 0) is 60.2 Å². The molecule has 0 radical (unpaired) electrons. The minimum Gasteiger partial charge on any atom is -0.326 e. The van der Waals surface area contributed by atoms with Crippen molar-refractivity contribution in [3.63, 3.8) is 0 Å². The van der Waals surface area contributed by atoms with E-state index in [1.807, 2.05) is 0 Å². The molecule has 0 heterocycles. The molecule has 1 N–H and O–H groups in total. The molecule has 0 saturated carbocycles. The number of nitrogens with zero attached hydrogens (tertiary/aromatic N) is 1. The third-order valence-electron chi connectivity index (χ3n) is 4.25. The van der Waals surface area contributed by atoms with Crippen LogP contribution < -0.4 is 9.62 Å². The molecule has 29 heavy (non-hydrogen) atoms. The lowest BCUT2D eigenvalue weighted by Gasteiger charge is -2.20. The zero-order chi connectivity index (χ0) is 21.0. The Kier molecular flexibility index (Phi) is 6.47. The summed E-state index contributed by atoms with van der Waals surface area (Å²) in [5.74, 6) is -0.192. The number of hydrogen-bond acceptors (Lipinski definition) is 3. The van der Waals surface area contributed by atoms with Gasteiger partial charge < -0.3 is 5.32 Å². The van der Waals surface area contributed by atoms with E-state index in [4.69, 9.17) is 23.2 Å². The molecular formula is C21H18Cl2N2O3S. The van der Waals surface area contributed by atoms with Gasteiger partial charge >= 0.3 is 0 Å². The Morgan fingerprint density at radius 3 is 2.21 bits per heavy atom. The van der Waals surface area contributed by atoms with Gasteiger partial charge in [0, 0.05) is 22.8 Å². The van der Waals surface area contributed by atoms with E-state index in [1.165, 1.54) is 35.6 Å². The molecule has 0 spiro atoms. The monoisotopic (exact) mass is 448 g/mol. The lowest BCUT2D eigenvalue weighted by atomic mass is 10.1. The summed E-state index contributed by atoms with van der Waals surface area (Å²) in [6, 6.07) is 19.7. The Bertz CT molecular complexity index is 1120. The number of benzene rings is 3. The van der Waals surface area contributed by atoms with Crippen LogP contribution >= 0.6 is 23.2 Å². The van der Waals surface area contributed by atoms with Crippen LogP contribution in [-0.4, -0.2) is 21.4 Å². The van der Waals surface area contributed by atoms with Gasteiger partial charge in [0.05, 0.1) is 17.0 Å². The molecule has 150 valence electrons. The SMILES string of the molecule is CN(c1ccc(CC(=O)Nc2cccc(Cl)c2)cc1)S(=O)(=O)c1ccc(Cl)cc1. The van der Waals surface area contributed by atoms with E-state index in [0.717, 1.165) is 5.56 Å². The van der Waals surface area contributed by atoms with Crippen LogP contribution in [0.2, 0.25) is 10.0 Å². The number of carbonyl (C=O) groups is 1. The second-order valence-electron chi connectivity index (χ2n) is 6.33. The van der Waals surface area contributed by atoms with Crippen LogP contribution in [0.1, 0.15) is 5.56 Å². The lowest BCUT2D eigenvalue weighted by molar-refractivity contribution is -0.115. The van der Waals surface area contributed by atoms with E-state index in [-0.39, 0.29) is 17.2 Å². The average molecular weight is 449 g/mol. The number of nitrogens with one attached hydrogen (secondary N) is 1. The summed E-state index contributed by atoms with van der Waals surface area (Å²) in [4.78, 5) is 12.4. The fourth-order valence-corrected chi connectivity index (χ4v) is 4.20. The summed E-state index contributed by atoms with van der Waals surface area (Å²) in [6.45, 7) is 0. The smallest absolute Gasteiger partial charge is 0.264 e. The van der Waals surface area contributed by atoms with Crippen LogP contribution in [0, 0.1) is 0 Å². The van der Waals surface area contributed by atoms with Gasteiger partial charge in [0.1, 0.15) is 0 Å². The van der Waals surface area contributed by atoms with Crippen LogP contribution in [0.25, 0.3) is 0 Å². The maximum atomic E-state index is 12.7. The molecular weight excluding hydrogens is 431 g/mol. The van der Waals surface area contributed by atoms with E-state index in [9.17, 15) is 13.2 Å². The van der Waals surface area contributed by atoms with Crippen LogP contribution in [0.15, 0.2) is 77.7 Å². The highest BCUT2D eigenvalue weighted by Crippen LogP contribution is 2.24. The quantitative estimate of drug-likeness (QED) is 0.576. The van der Waals surface area contributed by atoms with E-state index < -0.39 is 10.0 Å². The van der Waals surface area contributed by atoms with Crippen molar-refractivity contribution >= 4 is 50.5 Å². The molecule has 0 fully saturated rings. The van der Waals surface area contributed by atoms with Crippen LogP contribution in [0.4, 0.5) is 11.4 Å². The molecule has 0 atom stereocenters. The second-order valence-corrected chi connectivity index (χ2v) is 9.17. The van der Waals surface area contributed by atoms with Gasteiger partial charge in [0.25, 0.3) is 10.0 Å². The summed E-state index contributed by atoms with van der Waals surface area (Å²) in [6.07, 6.45) is 0.153.